The Labute approximate surface area is 159 Å². The number of aromatic hydroxyl groups is 1. The molecule has 0 radical (unpaired) electrons. The van der Waals surface area contributed by atoms with Crippen LogP contribution < -0.4 is 0 Å². The third-order valence-electron chi connectivity index (χ3n) is 4.75. The van der Waals surface area contributed by atoms with E-state index in [1.165, 1.54) is 11.1 Å². The van der Waals surface area contributed by atoms with E-state index in [0.717, 1.165) is 30.8 Å². The van der Waals surface area contributed by atoms with Gasteiger partial charge in [-0.2, -0.15) is 0 Å². The fourth-order valence-corrected chi connectivity index (χ4v) is 3.50. The highest BCUT2D eigenvalue weighted by molar-refractivity contribution is 5.45. The van der Waals surface area contributed by atoms with E-state index in [0.29, 0.717) is 23.5 Å². The van der Waals surface area contributed by atoms with E-state index >= 15 is 0 Å². The zero-order valence-electron chi connectivity index (χ0n) is 17.3. The molecule has 142 valence electrons. The highest BCUT2D eigenvalue weighted by Gasteiger charge is 2.16. The molecule has 2 heteroatoms. The molecule has 0 amide bonds. The molecule has 0 saturated carbocycles. The second-order valence-electron chi connectivity index (χ2n) is 8.42. The first-order valence-corrected chi connectivity index (χ1v) is 9.86. The van der Waals surface area contributed by atoms with Crippen molar-refractivity contribution in [3.63, 3.8) is 0 Å². The molecule has 1 aromatic rings. The number of rotatable bonds is 7. The van der Waals surface area contributed by atoms with Gasteiger partial charge in [0.15, 0.2) is 0 Å². The van der Waals surface area contributed by atoms with Crippen molar-refractivity contribution in [1.82, 2.24) is 4.90 Å². The second kappa shape index (κ2) is 9.23. The van der Waals surface area contributed by atoms with Crippen molar-refractivity contribution >= 4 is 0 Å². The zero-order chi connectivity index (χ0) is 19.3. The molecule has 1 aromatic carbocycles. The Hall–Kier alpha value is -1.80. The van der Waals surface area contributed by atoms with E-state index in [1.807, 2.05) is 0 Å². The lowest BCUT2D eigenvalue weighted by Gasteiger charge is -2.26. The van der Waals surface area contributed by atoms with Crippen LogP contribution in [0.25, 0.3) is 0 Å². The lowest BCUT2D eigenvalue weighted by molar-refractivity contribution is 0.253. The van der Waals surface area contributed by atoms with Crippen LogP contribution in [-0.4, -0.2) is 23.1 Å². The summed E-state index contributed by atoms with van der Waals surface area (Å²) >= 11 is 0. The summed E-state index contributed by atoms with van der Waals surface area (Å²) in [7, 11) is 0. The molecule has 0 saturated heterocycles. The fraction of sp³-hybridized carbons (Fsp3) is 0.500. The summed E-state index contributed by atoms with van der Waals surface area (Å²) in [4.78, 5) is 2.45. The van der Waals surface area contributed by atoms with E-state index in [1.54, 1.807) is 0 Å². The summed E-state index contributed by atoms with van der Waals surface area (Å²) in [5, 5.41) is 10.8. The Morgan fingerprint density at radius 1 is 1.08 bits per heavy atom. The molecule has 2 rings (SSSR count). The molecule has 1 aliphatic rings. The van der Waals surface area contributed by atoms with Gasteiger partial charge >= 0.3 is 0 Å². The Balaban J connectivity index is 2.25. The van der Waals surface area contributed by atoms with Crippen molar-refractivity contribution in [3.05, 3.63) is 64.8 Å². The summed E-state index contributed by atoms with van der Waals surface area (Å²) in [6.07, 6.45) is 11.1. The number of phenols is 1. The third kappa shape index (κ3) is 5.88. The molecule has 1 atom stereocenters. The number of hydrogen-bond donors (Lipinski definition) is 1. The van der Waals surface area contributed by atoms with Gasteiger partial charge in [0.05, 0.1) is 0 Å². The zero-order valence-corrected chi connectivity index (χ0v) is 17.3. The van der Waals surface area contributed by atoms with Crippen molar-refractivity contribution in [2.24, 2.45) is 11.8 Å². The molecule has 1 N–H and O–H groups in total. The number of allylic oxidation sites excluding steroid dienone is 4. The number of phenolic OH excluding ortho intramolecular Hbond substituents is 1. The van der Waals surface area contributed by atoms with Gasteiger partial charge in [0.1, 0.15) is 5.75 Å². The molecule has 0 aromatic heterocycles. The Morgan fingerprint density at radius 3 is 2.46 bits per heavy atom. The molecular formula is C24H35NO. The van der Waals surface area contributed by atoms with Gasteiger partial charge in [-0.3, -0.25) is 4.90 Å². The largest absolute Gasteiger partial charge is 0.507 e. The molecule has 26 heavy (non-hydrogen) atoms. The maximum absolute atomic E-state index is 10.8. The number of hydrogen-bond acceptors (Lipinski definition) is 2. The summed E-state index contributed by atoms with van der Waals surface area (Å²) in [6.45, 7) is 15.8. The van der Waals surface area contributed by atoms with Gasteiger partial charge in [0.25, 0.3) is 0 Å². The number of nitrogens with zero attached hydrogens (tertiary/aromatic N) is 1. The minimum absolute atomic E-state index is 0.325. The van der Waals surface area contributed by atoms with E-state index < -0.39 is 0 Å². The molecule has 1 unspecified atom stereocenters. The van der Waals surface area contributed by atoms with E-state index in [2.05, 4.69) is 89.0 Å². The van der Waals surface area contributed by atoms with Crippen molar-refractivity contribution in [3.8, 4) is 5.75 Å². The van der Waals surface area contributed by atoms with Gasteiger partial charge in [-0.25, -0.2) is 0 Å². The average molecular weight is 354 g/mol. The maximum atomic E-state index is 10.8. The average Bonchev–Trinajstić information content (AvgIpc) is 2.74. The molecule has 0 fully saturated rings. The predicted molar refractivity (Wildman–Crippen MR) is 113 cm³/mol. The molecule has 0 bridgehead atoms. The van der Waals surface area contributed by atoms with Crippen LogP contribution >= 0.6 is 0 Å². The summed E-state index contributed by atoms with van der Waals surface area (Å²) in [5.74, 6) is 1.86. The van der Waals surface area contributed by atoms with Crippen LogP contribution in [0.3, 0.4) is 0 Å². The molecular weight excluding hydrogens is 318 g/mol. The predicted octanol–water partition coefficient (Wildman–Crippen LogP) is 5.97. The first-order chi connectivity index (χ1) is 12.3. The van der Waals surface area contributed by atoms with E-state index in [9.17, 15) is 5.11 Å². The first kappa shape index (κ1) is 20.5. The van der Waals surface area contributed by atoms with Crippen molar-refractivity contribution in [1.29, 1.82) is 0 Å². The fourth-order valence-electron chi connectivity index (χ4n) is 3.50. The normalized spacial score (nSPS) is 17.3. The van der Waals surface area contributed by atoms with Gasteiger partial charge in [0.2, 0.25) is 0 Å². The van der Waals surface area contributed by atoms with Crippen LogP contribution in [0.15, 0.2) is 48.1 Å². The summed E-state index contributed by atoms with van der Waals surface area (Å²) in [5.41, 5.74) is 4.63. The van der Waals surface area contributed by atoms with Crippen LogP contribution in [0.2, 0.25) is 0 Å². The first-order valence-electron chi connectivity index (χ1n) is 9.86. The molecule has 0 aliphatic heterocycles. The van der Waals surface area contributed by atoms with Crippen LogP contribution in [0.4, 0.5) is 0 Å². The molecule has 0 spiro atoms. The second-order valence-corrected chi connectivity index (χ2v) is 8.42. The third-order valence-corrected chi connectivity index (χ3v) is 4.75. The van der Waals surface area contributed by atoms with Gasteiger partial charge in [0, 0.05) is 25.2 Å². The monoisotopic (exact) mass is 353 g/mol. The molecule has 0 heterocycles. The Kier molecular flexibility index (Phi) is 7.28. The molecule has 2 nitrogen and oxygen atoms in total. The van der Waals surface area contributed by atoms with E-state index in [-0.39, 0.29) is 0 Å². The van der Waals surface area contributed by atoms with Crippen LogP contribution in [0, 0.1) is 18.8 Å². The Bertz CT molecular complexity index is 694. The van der Waals surface area contributed by atoms with E-state index in [4.69, 9.17) is 0 Å². The Morgan fingerprint density at radius 2 is 1.81 bits per heavy atom. The number of benzene rings is 1. The van der Waals surface area contributed by atoms with Crippen LogP contribution in [0.5, 0.6) is 5.75 Å². The van der Waals surface area contributed by atoms with Crippen LogP contribution in [0.1, 0.15) is 57.2 Å². The van der Waals surface area contributed by atoms with Crippen molar-refractivity contribution in [2.75, 3.05) is 13.1 Å². The summed E-state index contributed by atoms with van der Waals surface area (Å²) < 4.78 is 0. The van der Waals surface area contributed by atoms with Gasteiger partial charge in [-0.1, -0.05) is 82.7 Å². The smallest absolute Gasteiger partial charge is 0.123 e. The van der Waals surface area contributed by atoms with Crippen LogP contribution in [-0.2, 0) is 6.54 Å². The lowest BCUT2D eigenvalue weighted by atomic mass is 9.96. The maximum Gasteiger partial charge on any atom is 0.123 e. The standard InChI is InChI=1S/C24H35NO/c1-17(2)14-25(15-21-9-7-8-19(5)10-11-21)16-22-12-20(6)13-23(18(3)4)24(22)26/h7-13,17-19,26H,14-16H2,1-6H3. The quantitative estimate of drug-likeness (QED) is 0.652. The van der Waals surface area contributed by atoms with Crippen molar-refractivity contribution < 1.29 is 5.11 Å². The lowest BCUT2D eigenvalue weighted by Crippen LogP contribution is -2.29. The molecule has 1 aliphatic carbocycles. The minimum Gasteiger partial charge on any atom is -0.507 e. The minimum atomic E-state index is 0.325. The highest BCUT2D eigenvalue weighted by Crippen LogP contribution is 2.31. The van der Waals surface area contributed by atoms with Crippen molar-refractivity contribution in [2.45, 2.75) is 54.0 Å². The number of aryl methyl sites for hydroxylation is 1. The van der Waals surface area contributed by atoms with Gasteiger partial charge in [-0.05, 0) is 35.8 Å². The van der Waals surface area contributed by atoms with Gasteiger partial charge in [-0.15, -0.1) is 0 Å². The van der Waals surface area contributed by atoms with Gasteiger partial charge < -0.3 is 5.11 Å². The SMILES string of the molecule is Cc1cc(CN(CC2=CC=CC(C)C=C2)CC(C)C)c(O)c(C(C)C)c1. The summed E-state index contributed by atoms with van der Waals surface area (Å²) in [6, 6.07) is 4.24. The highest BCUT2D eigenvalue weighted by atomic mass is 16.3. The topological polar surface area (TPSA) is 23.5 Å².